The number of nitrogens with one attached hydrogen (secondary N) is 2. The van der Waals surface area contributed by atoms with Crippen molar-refractivity contribution in [1.82, 2.24) is 9.97 Å². The first-order chi connectivity index (χ1) is 15.0. The van der Waals surface area contributed by atoms with Crippen molar-refractivity contribution >= 4 is 138 Å². The van der Waals surface area contributed by atoms with Crippen LogP contribution in [0.25, 0.3) is 21.5 Å². The molecule has 0 aliphatic carbocycles. The van der Waals surface area contributed by atoms with E-state index < -0.39 is 0 Å². The molecule has 6 N–H and O–H groups in total. The van der Waals surface area contributed by atoms with Gasteiger partial charge in [-0.2, -0.15) is 0 Å². The zero-order valence-electron chi connectivity index (χ0n) is 15.2. The van der Waals surface area contributed by atoms with Gasteiger partial charge in [0.15, 0.2) is 11.6 Å². The third-order valence-corrected chi connectivity index (χ3v) is 7.84. The van der Waals surface area contributed by atoms with Gasteiger partial charge >= 0.3 is 16.5 Å². The summed E-state index contributed by atoms with van der Waals surface area (Å²) in [6.07, 6.45) is 0. The smallest absolute Gasteiger partial charge is 0.385 e. The van der Waals surface area contributed by atoms with Crippen LogP contribution in [-0.4, -0.2) is 9.97 Å². The Labute approximate surface area is 234 Å². The van der Waals surface area contributed by atoms with Crippen molar-refractivity contribution in [1.29, 1.82) is 0 Å². The largest absolute Gasteiger partial charge is 2.00 e. The summed E-state index contributed by atoms with van der Waals surface area (Å²) in [5.41, 5.74) is 11.3. The normalized spacial score (nSPS) is 10.7. The zero-order valence-corrected chi connectivity index (χ0v) is 22.2. The molecule has 0 fully saturated rings. The number of aromatic nitrogens is 2. The maximum absolute atomic E-state index is 10.6. The molecule has 0 saturated heterocycles. The van der Waals surface area contributed by atoms with E-state index in [9.17, 15) is 9.81 Å². The van der Waals surface area contributed by atoms with Gasteiger partial charge in [-0.3, -0.25) is 0 Å². The van der Waals surface area contributed by atoms with Gasteiger partial charge in [0.1, 0.15) is 11.6 Å². The number of nitrogens with two attached hydrogens (primary N) is 2. The SMILES string of the molecule is Nc1[nH]c(N=O)c2c(Cl)c(Cl)c(Cl)c(Cl)c12.Nc1[nH]c(N=O)c2c(Cl)c(Cl)c(Cl)c(Cl)c12.[Ni+2]. The van der Waals surface area contributed by atoms with Gasteiger partial charge in [0.05, 0.1) is 51.0 Å². The predicted octanol–water partition coefficient (Wildman–Crippen LogP) is 9.52. The van der Waals surface area contributed by atoms with Crippen LogP contribution in [0.4, 0.5) is 23.3 Å². The van der Waals surface area contributed by atoms with E-state index in [-0.39, 0.29) is 90.7 Å². The molecule has 0 unspecified atom stereocenters. The van der Waals surface area contributed by atoms with Crippen LogP contribution in [0, 0.1) is 9.81 Å². The fourth-order valence-electron chi connectivity index (χ4n) is 2.86. The number of hydrogen-bond acceptors (Lipinski definition) is 6. The van der Waals surface area contributed by atoms with Gasteiger partial charge in [-0.05, 0) is 10.4 Å². The molecule has 2 aromatic heterocycles. The molecule has 0 bridgehead atoms. The molecule has 0 aliphatic rings. The molecule has 4 aromatic rings. The fraction of sp³-hybridized carbons (Fsp3) is 0. The zero-order chi connectivity index (χ0) is 24.1. The van der Waals surface area contributed by atoms with Crippen LogP contribution in [0.2, 0.25) is 40.2 Å². The molecular formula is C16H6Cl8N6NiO2+2. The van der Waals surface area contributed by atoms with Crippen LogP contribution in [0.5, 0.6) is 0 Å². The van der Waals surface area contributed by atoms with E-state index in [2.05, 4.69) is 20.3 Å². The quantitative estimate of drug-likeness (QED) is 0.0738. The number of anilines is 2. The van der Waals surface area contributed by atoms with Crippen LogP contribution in [-0.2, 0) is 16.5 Å². The standard InChI is InChI=1S/2C8H3Cl4N3O.Ni/c2*9-3-1-2(4(10)6(12)5(3)11)8(15-16)14-7(1)13;/h2*14H,13H2;/q;;+2. The van der Waals surface area contributed by atoms with E-state index in [1.807, 2.05) is 0 Å². The minimum atomic E-state index is -0.0297. The number of nitrogens with zero attached hydrogens (tertiary/aromatic N) is 2. The first-order valence-electron chi connectivity index (χ1n) is 7.90. The topological polar surface area (TPSA) is 142 Å². The Balaban J connectivity index is 0.000000227. The first kappa shape index (κ1) is 28.4. The van der Waals surface area contributed by atoms with E-state index in [4.69, 9.17) is 104 Å². The van der Waals surface area contributed by atoms with Crippen molar-refractivity contribution in [2.75, 3.05) is 11.5 Å². The Hall–Kier alpha value is -0.866. The number of aromatic amines is 2. The van der Waals surface area contributed by atoms with Crippen LogP contribution < -0.4 is 11.5 Å². The van der Waals surface area contributed by atoms with Crippen LogP contribution >= 0.6 is 92.8 Å². The Bertz CT molecular complexity index is 1330. The van der Waals surface area contributed by atoms with Gasteiger partial charge in [0.2, 0.25) is 0 Å². The molecule has 2 heterocycles. The Morgan fingerprint density at radius 1 is 0.485 bits per heavy atom. The fourth-order valence-corrected chi connectivity index (χ4v) is 4.94. The van der Waals surface area contributed by atoms with Gasteiger partial charge in [0, 0.05) is 10.8 Å². The Kier molecular flexibility index (Phi) is 9.30. The first-order valence-corrected chi connectivity index (χ1v) is 10.9. The minimum absolute atomic E-state index is 0. The van der Waals surface area contributed by atoms with Crippen molar-refractivity contribution in [3.05, 3.63) is 50.0 Å². The van der Waals surface area contributed by atoms with Gasteiger partial charge in [-0.25, -0.2) is 0 Å². The van der Waals surface area contributed by atoms with Crippen LogP contribution in [0.15, 0.2) is 10.4 Å². The molecule has 0 aliphatic heterocycles. The number of H-pyrrole nitrogens is 2. The number of nitroso groups, excluding NO2 is 2. The van der Waals surface area contributed by atoms with Gasteiger partial charge in [-0.1, -0.05) is 92.8 Å². The molecule has 176 valence electrons. The van der Waals surface area contributed by atoms with Gasteiger partial charge in [-0.15, -0.1) is 9.81 Å². The average molecular weight is 657 g/mol. The Morgan fingerprint density at radius 2 is 0.727 bits per heavy atom. The number of nitrogen functional groups attached to an aromatic ring is 2. The van der Waals surface area contributed by atoms with Crippen molar-refractivity contribution < 1.29 is 16.5 Å². The van der Waals surface area contributed by atoms with E-state index in [1.54, 1.807) is 0 Å². The predicted molar refractivity (Wildman–Crippen MR) is 136 cm³/mol. The third-order valence-electron chi connectivity index (χ3n) is 4.24. The maximum Gasteiger partial charge on any atom is 2.00 e. The molecule has 17 heteroatoms. The van der Waals surface area contributed by atoms with Crippen LogP contribution in [0.1, 0.15) is 0 Å². The molecule has 33 heavy (non-hydrogen) atoms. The number of benzene rings is 2. The molecule has 0 amide bonds. The summed E-state index contributed by atoms with van der Waals surface area (Å²) in [5, 5.41) is 7.50. The molecule has 0 saturated carbocycles. The Morgan fingerprint density at radius 3 is 0.970 bits per heavy atom. The molecule has 0 spiro atoms. The number of hydrogen-bond donors (Lipinski definition) is 4. The molecular weight excluding hydrogens is 651 g/mol. The third kappa shape index (κ3) is 4.68. The van der Waals surface area contributed by atoms with Crippen LogP contribution in [0.3, 0.4) is 0 Å². The van der Waals surface area contributed by atoms with E-state index in [0.29, 0.717) is 10.8 Å². The number of rotatable bonds is 2. The summed E-state index contributed by atoms with van der Waals surface area (Å²) < 4.78 is 0. The summed E-state index contributed by atoms with van der Waals surface area (Å²) in [6, 6.07) is 0. The summed E-state index contributed by atoms with van der Waals surface area (Å²) >= 11 is 47.2. The summed E-state index contributed by atoms with van der Waals surface area (Å²) in [6.45, 7) is 0. The molecule has 2 aromatic carbocycles. The van der Waals surface area contributed by atoms with E-state index in [0.717, 1.165) is 0 Å². The molecule has 4 rings (SSSR count). The summed E-state index contributed by atoms with van der Waals surface area (Å²) in [7, 11) is 0. The van der Waals surface area contributed by atoms with Gasteiger partial charge < -0.3 is 21.4 Å². The number of halogens is 8. The monoisotopic (exact) mass is 652 g/mol. The molecule has 8 nitrogen and oxygen atoms in total. The van der Waals surface area contributed by atoms with Crippen molar-refractivity contribution in [3.63, 3.8) is 0 Å². The van der Waals surface area contributed by atoms with Crippen molar-refractivity contribution in [3.8, 4) is 0 Å². The second kappa shape index (κ2) is 10.8. The second-order valence-electron chi connectivity index (χ2n) is 5.97. The van der Waals surface area contributed by atoms with Gasteiger partial charge in [0.25, 0.3) is 0 Å². The molecule has 0 atom stereocenters. The van der Waals surface area contributed by atoms with E-state index in [1.165, 1.54) is 0 Å². The second-order valence-corrected chi connectivity index (χ2v) is 8.99. The van der Waals surface area contributed by atoms with E-state index >= 15 is 0 Å². The summed E-state index contributed by atoms with van der Waals surface area (Å²) in [4.78, 5) is 26.3. The summed E-state index contributed by atoms with van der Waals surface area (Å²) in [5.74, 6) is 0.265. The maximum atomic E-state index is 10.6. The number of fused-ring (bicyclic) bond motifs is 2. The average Bonchev–Trinajstić information content (AvgIpc) is 3.30. The minimum Gasteiger partial charge on any atom is -0.385 e. The van der Waals surface area contributed by atoms with Crippen molar-refractivity contribution in [2.45, 2.75) is 0 Å². The van der Waals surface area contributed by atoms with Crippen molar-refractivity contribution in [2.24, 2.45) is 10.4 Å². The molecule has 0 radical (unpaired) electrons.